The minimum Gasteiger partial charge on any atom is -0.490 e. The topological polar surface area (TPSA) is 24.5 Å². The molecule has 1 fully saturated rings. The van der Waals surface area contributed by atoms with Gasteiger partial charge < -0.3 is 15.0 Å². The van der Waals surface area contributed by atoms with E-state index in [0.29, 0.717) is 6.10 Å². The predicted octanol–water partition coefficient (Wildman–Crippen LogP) is 2.66. The SMILES string of the molecule is CCC(CC)Oc1ccc(N2CCNCC2)cc1. The average molecular weight is 248 g/mol. The second-order valence-electron chi connectivity index (χ2n) is 4.79. The van der Waals surface area contributed by atoms with Crippen LogP contribution in [0.2, 0.25) is 0 Å². The monoisotopic (exact) mass is 248 g/mol. The quantitative estimate of drug-likeness (QED) is 0.867. The molecule has 1 aromatic carbocycles. The van der Waals surface area contributed by atoms with Crippen LogP contribution < -0.4 is 15.0 Å². The molecule has 18 heavy (non-hydrogen) atoms. The number of benzene rings is 1. The van der Waals surface area contributed by atoms with Crippen LogP contribution in [0.1, 0.15) is 26.7 Å². The van der Waals surface area contributed by atoms with Gasteiger partial charge in [0.2, 0.25) is 0 Å². The van der Waals surface area contributed by atoms with Crippen LogP contribution in [0.3, 0.4) is 0 Å². The van der Waals surface area contributed by atoms with E-state index in [-0.39, 0.29) is 0 Å². The Hall–Kier alpha value is -1.22. The van der Waals surface area contributed by atoms with Gasteiger partial charge in [-0.3, -0.25) is 0 Å². The van der Waals surface area contributed by atoms with Crippen molar-refractivity contribution in [2.24, 2.45) is 0 Å². The number of piperazine rings is 1. The van der Waals surface area contributed by atoms with E-state index in [4.69, 9.17) is 4.74 Å². The number of rotatable bonds is 5. The van der Waals surface area contributed by atoms with E-state index in [1.807, 2.05) is 0 Å². The van der Waals surface area contributed by atoms with Crippen LogP contribution in [0, 0.1) is 0 Å². The minimum atomic E-state index is 0.343. The Kier molecular flexibility index (Phi) is 4.88. The van der Waals surface area contributed by atoms with Crippen LogP contribution in [-0.2, 0) is 0 Å². The number of nitrogens with one attached hydrogen (secondary N) is 1. The van der Waals surface area contributed by atoms with E-state index in [2.05, 4.69) is 48.3 Å². The second kappa shape index (κ2) is 6.64. The maximum atomic E-state index is 5.92. The van der Waals surface area contributed by atoms with Crippen LogP contribution in [0.5, 0.6) is 5.75 Å². The smallest absolute Gasteiger partial charge is 0.119 e. The van der Waals surface area contributed by atoms with Gasteiger partial charge >= 0.3 is 0 Å². The number of nitrogens with zero attached hydrogens (tertiary/aromatic N) is 1. The standard InChI is InChI=1S/C15H24N2O/c1-3-14(4-2)18-15-7-5-13(6-8-15)17-11-9-16-10-12-17/h5-8,14,16H,3-4,9-12H2,1-2H3. The summed E-state index contributed by atoms with van der Waals surface area (Å²) < 4.78 is 5.92. The van der Waals surface area contributed by atoms with Gasteiger partial charge in [-0.15, -0.1) is 0 Å². The first kappa shape index (κ1) is 13.2. The van der Waals surface area contributed by atoms with Crippen LogP contribution in [0.4, 0.5) is 5.69 Å². The summed E-state index contributed by atoms with van der Waals surface area (Å²) in [5, 5.41) is 3.37. The van der Waals surface area contributed by atoms with Crippen LogP contribution >= 0.6 is 0 Å². The molecule has 100 valence electrons. The number of ether oxygens (including phenoxy) is 1. The highest BCUT2D eigenvalue weighted by molar-refractivity contribution is 5.49. The molecule has 1 heterocycles. The van der Waals surface area contributed by atoms with E-state index in [0.717, 1.165) is 44.8 Å². The van der Waals surface area contributed by atoms with Crippen molar-refractivity contribution in [2.75, 3.05) is 31.1 Å². The summed E-state index contributed by atoms with van der Waals surface area (Å²) in [7, 11) is 0. The zero-order valence-electron chi connectivity index (χ0n) is 11.5. The lowest BCUT2D eigenvalue weighted by Crippen LogP contribution is -2.43. The zero-order valence-corrected chi connectivity index (χ0v) is 11.5. The fourth-order valence-electron chi connectivity index (χ4n) is 2.31. The first-order valence-electron chi connectivity index (χ1n) is 7.06. The molecule has 0 saturated carbocycles. The molecule has 2 rings (SSSR count). The van der Waals surface area contributed by atoms with Crippen molar-refractivity contribution >= 4 is 5.69 Å². The van der Waals surface area contributed by atoms with Gasteiger partial charge in [0.25, 0.3) is 0 Å². The maximum absolute atomic E-state index is 5.92. The summed E-state index contributed by atoms with van der Waals surface area (Å²) in [5.41, 5.74) is 1.30. The molecule has 1 saturated heterocycles. The molecule has 0 spiro atoms. The molecule has 0 aromatic heterocycles. The van der Waals surface area contributed by atoms with Gasteiger partial charge in [0.05, 0.1) is 6.10 Å². The molecule has 0 radical (unpaired) electrons. The van der Waals surface area contributed by atoms with Crippen molar-refractivity contribution in [1.82, 2.24) is 5.32 Å². The molecule has 0 aliphatic carbocycles. The normalized spacial score (nSPS) is 16.1. The Labute approximate surface area is 110 Å². The lowest BCUT2D eigenvalue weighted by molar-refractivity contribution is 0.193. The molecule has 0 bridgehead atoms. The summed E-state index contributed by atoms with van der Waals surface area (Å²) >= 11 is 0. The highest BCUT2D eigenvalue weighted by Gasteiger charge is 2.10. The van der Waals surface area contributed by atoms with Crippen molar-refractivity contribution in [2.45, 2.75) is 32.8 Å². The van der Waals surface area contributed by atoms with Crippen molar-refractivity contribution in [3.05, 3.63) is 24.3 Å². The van der Waals surface area contributed by atoms with Gasteiger partial charge in [-0.05, 0) is 37.1 Å². The second-order valence-corrected chi connectivity index (χ2v) is 4.79. The van der Waals surface area contributed by atoms with Gasteiger partial charge in [0.15, 0.2) is 0 Å². The molecule has 3 heteroatoms. The largest absolute Gasteiger partial charge is 0.490 e. The fraction of sp³-hybridized carbons (Fsp3) is 0.600. The third-order valence-electron chi connectivity index (χ3n) is 3.53. The minimum absolute atomic E-state index is 0.343. The van der Waals surface area contributed by atoms with Crippen LogP contribution in [0.25, 0.3) is 0 Å². The summed E-state index contributed by atoms with van der Waals surface area (Å²) in [5.74, 6) is 0.989. The Morgan fingerprint density at radius 1 is 1.11 bits per heavy atom. The Bertz CT molecular complexity index is 340. The molecular weight excluding hydrogens is 224 g/mol. The third-order valence-corrected chi connectivity index (χ3v) is 3.53. The molecule has 1 N–H and O–H groups in total. The summed E-state index contributed by atoms with van der Waals surface area (Å²) in [4.78, 5) is 2.41. The Morgan fingerprint density at radius 3 is 2.28 bits per heavy atom. The van der Waals surface area contributed by atoms with Crippen molar-refractivity contribution < 1.29 is 4.74 Å². The lowest BCUT2D eigenvalue weighted by atomic mass is 10.2. The average Bonchev–Trinajstić information content (AvgIpc) is 2.46. The number of anilines is 1. The molecule has 0 amide bonds. The third kappa shape index (κ3) is 3.39. The first-order chi connectivity index (χ1) is 8.83. The molecular formula is C15H24N2O. The van der Waals surface area contributed by atoms with E-state index >= 15 is 0 Å². The summed E-state index contributed by atoms with van der Waals surface area (Å²) in [6, 6.07) is 8.53. The van der Waals surface area contributed by atoms with Gasteiger partial charge in [-0.1, -0.05) is 13.8 Å². The maximum Gasteiger partial charge on any atom is 0.119 e. The number of hydrogen-bond acceptors (Lipinski definition) is 3. The Balaban J connectivity index is 1.96. The molecule has 0 unspecified atom stereocenters. The summed E-state index contributed by atoms with van der Waals surface area (Å²) in [6.07, 6.45) is 2.47. The molecule has 1 aromatic rings. The van der Waals surface area contributed by atoms with Crippen molar-refractivity contribution in [3.63, 3.8) is 0 Å². The van der Waals surface area contributed by atoms with Crippen LogP contribution in [-0.4, -0.2) is 32.3 Å². The van der Waals surface area contributed by atoms with E-state index in [1.165, 1.54) is 5.69 Å². The molecule has 0 atom stereocenters. The van der Waals surface area contributed by atoms with Gasteiger partial charge in [-0.2, -0.15) is 0 Å². The first-order valence-corrected chi connectivity index (χ1v) is 7.06. The van der Waals surface area contributed by atoms with E-state index in [1.54, 1.807) is 0 Å². The van der Waals surface area contributed by atoms with Gasteiger partial charge in [0, 0.05) is 31.9 Å². The van der Waals surface area contributed by atoms with Crippen molar-refractivity contribution in [3.8, 4) is 5.75 Å². The zero-order chi connectivity index (χ0) is 12.8. The summed E-state index contributed by atoms with van der Waals surface area (Å²) in [6.45, 7) is 8.67. The lowest BCUT2D eigenvalue weighted by Gasteiger charge is -2.29. The number of hydrogen-bond donors (Lipinski definition) is 1. The van der Waals surface area contributed by atoms with E-state index in [9.17, 15) is 0 Å². The Morgan fingerprint density at radius 2 is 1.72 bits per heavy atom. The van der Waals surface area contributed by atoms with Crippen molar-refractivity contribution in [1.29, 1.82) is 0 Å². The predicted molar refractivity (Wildman–Crippen MR) is 76.5 cm³/mol. The highest BCUT2D eigenvalue weighted by Crippen LogP contribution is 2.21. The molecule has 1 aliphatic rings. The van der Waals surface area contributed by atoms with Crippen LogP contribution in [0.15, 0.2) is 24.3 Å². The molecule has 1 aliphatic heterocycles. The van der Waals surface area contributed by atoms with Gasteiger partial charge in [-0.25, -0.2) is 0 Å². The van der Waals surface area contributed by atoms with E-state index < -0.39 is 0 Å². The highest BCUT2D eigenvalue weighted by atomic mass is 16.5. The fourth-order valence-corrected chi connectivity index (χ4v) is 2.31. The van der Waals surface area contributed by atoms with Gasteiger partial charge in [0.1, 0.15) is 5.75 Å². The molecule has 3 nitrogen and oxygen atoms in total.